The lowest BCUT2D eigenvalue weighted by molar-refractivity contribution is 0.705. The van der Waals surface area contributed by atoms with Crippen LogP contribution < -0.4 is 0 Å². The summed E-state index contributed by atoms with van der Waals surface area (Å²) in [4.78, 5) is 8.77. The minimum absolute atomic E-state index is 0.502. The fourth-order valence-electron chi connectivity index (χ4n) is 1.79. The van der Waals surface area contributed by atoms with Gasteiger partial charge in [-0.05, 0) is 38.3 Å². The van der Waals surface area contributed by atoms with Gasteiger partial charge in [0.2, 0.25) is 0 Å². The van der Waals surface area contributed by atoms with E-state index in [9.17, 15) is 0 Å². The predicted molar refractivity (Wildman–Crippen MR) is 67.3 cm³/mol. The number of rotatable bonds is 3. The molecule has 0 N–H and O–H groups in total. The number of pyridine rings is 1. The van der Waals surface area contributed by atoms with Crippen LogP contribution in [0.1, 0.15) is 43.5 Å². The highest BCUT2D eigenvalue weighted by Gasteiger charge is 2.07. The SMILES string of the molecule is CCC(C)c1ccc(-n2nc(C)nc2C)cn1. The van der Waals surface area contributed by atoms with Crippen molar-refractivity contribution in [2.45, 2.75) is 40.0 Å². The zero-order valence-corrected chi connectivity index (χ0v) is 10.8. The zero-order valence-electron chi connectivity index (χ0n) is 10.8. The van der Waals surface area contributed by atoms with Crippen LogP contribution >= 0.6 is 0 Å². The molecule has 0 saturated heterocycles. The molecule has 0 saturated carbocycles. The van der Waals surface area contributed by atoms with Crippen LogP contribution in [0.5, 0.6) is 0 Å². The summed E-state index contributed by atoms with van der Waals surface area (Å²) in [7, 11) is 0. The molecule has 2 aromatic heterocycles. The molecule has 1 unspecified atom stereocenters. The van der Waals surface area contributed by atoms with Crippen molar-refractivity contribution in [2.75, 3.05) is 0 Å². The van der Waals surface area contributed by atoms with Crippen LogP contribution in [0.3, 0.4) is 0 Å². The van der Waals surface area contributed by atoms with Crippen LogP contribution in [0, 0.1) is 13.8 Å². The minimum Gasteiger partial charge on any atom is -0.259 e. The first kappa shape index (κ1) is 11.8. The molecule has 0 radical (unpaired) electrons. The minimum atomic E-state index is 0.502. The normalized spacial score (nSPS) is 12.7. The molecule has 0 bridgehead atoms. The molecule has 2 rings (SSSR count). The Hall–Kier alpha value is -1.71. The third kappa shape index (κ3) is 2.35. The van der Waals surface area contributed by atoms with E-state index in [1.165, 1.54) is 0 Å². The quantitative estimate of drug-likeness (QED) is 0.814. The first-order chi connectivity index (χ1) is 8.11. The molecule has 0 amide bonds. The van der Waals surface area contributed by atoms with Crippen molar-refractivity contribution in [1.29, 1.82) is 0 Å². The number of nitrogens with zero attached hydrogens (tertiary/aromatic N) is 4. The third-order valence-corrected chi connectivity index (χ3v) is 3.01. The summed E-state index contributed by atoms with van der Waals surface area (Å²) < 4.78 is 1.82. The summed E-state index contributed by atoms with van der Waals surface area (Å²) in [6.07, 6.45) is 2.97. The largest absolute Gasteiger partial charge is 0.259 e. The Balaban J connectivity index is 2.32. The first-order valence-corrected chi connectivity index (χ1v) is 5.98. The Morgan fingerprint density at radius 2 is 2.06 bits per heavy atom. The highest BCUT2D eigenvalue weighted by atomic mass is 15.3. The average Bonchev–Trinajstić information content (AvgIpc) is 2.68. The van der Waals surface area contributed by atoms with E-state index >= 15 is 0 Å². The second-order valence-corrected chi connectivity index (χ2v) is 4.37. The number of hydrogen-bond donors (Lipinski definition) is 0. The second-order valence-electron chi connectivity index (χ2n) is 4.37. The molecule has 0 fully saturated rings. The third-order valence-electron chi connectivity index (χ3n) is 3.01. The van der Waals surface area contributed by atoms with Crippen LogP contribution in [0.4, 0.5) is 0 Å². The molecule has 0 spiro atoms. The molecule has 2 heterocycles. The van der Waals surface area contributed by atoms with Crippen molar-refractivity contribution in [3.05, 3.63) is 35.7 Å². The van der Waals surface area contributed by atoms with Gasteiger partial charge in [-0.2, -0.15) is 5.10 Å². The molecule has 0 aromatic carbocycles. The first-order valence-electron chi connectivity index (χ1n) is 5.98. The molecule has 17 heavy (non-hydrogen) atoms. The second kappa shape index (κ2) is 4.65. The van der Waals surface area contributed by atoms with Gasteiger partial charge < -0.3 is 0 Å². The van der Waals surface area contributed by atoms with E-state index in [-0.39, 0.29) is 0 Å². The lowest BCUT2D eigenvalue weighted by atomic mass is 10.0. The van der Waals surface area contributed by atoms with Gasteiger partial charge in [0.1, 0.15) is 11.6 Å². The van der Waals surface area contributed by atoms with Crippen molar-refractivity contribution in [1.82, 2.24) is 19.7 Å². The fraction of sp³-hybridized carbons (Fsp3) is 0.462. The highest BCUT2D eigenvalue weighted by molar-refractivity contribution is 5.30. The van der Waals surface area contributed by atoms with Crippen molar-refractivity contribution in [2.24, 2.45) is 0 Å². The van der Waals surface area contributed by atoms with E-state index in [4.69, 9.17) is 0 Å². The summed E-state index contributed by atoms with van der Waals surface area (Å²) >= 11 is 0. The molecule has 0 aliphatic rings. The molecule has 90 valence electrons. The van der Waals surface area contributed by atoms with Gasteiger partial charge in [-0.15, -0.1) is 0 Å². The summed E-state index contributed by atoms with van der Waals surface area (Å²) in [5.74, 6) is 2.18. The van der Waals surface area contributed by atoms with Crippen LogP contribution in [0.25, 0.3) is 5.69 Å². The number of aryl methyl sites for hydroxylation is 2. The van der Waals surface area contributed by atoms with Crippen LogP contribution in [-0.4, -0.2) is 19.7 Å². The van der Waals surface area contributed by atoms with E-state index in [1.807, 2.05) is 24.7 Å². The van der Waals surface area contributed by atoms with Crippen molar-refractivity contribution < 1.29 is 0 Å². The average molecular weight is 230 g/mol. The fourth-order valence-corrected chi connectivity index (χ4v) is 1.79. The maximum absolute atomic E-state index is 4.49. The van der Waals surface area contributed by atoms with Crippen LogP contribution in [0.15, 0.2) is 18.3 Å². The predicted octanol–water partition coefficient (Wildman–Crippen LogP) is 2.79. The number of aromatic nitrogens is 4. The number of hydrogen-bond acceptors (Lipinski definition) is 3. The zero-order chi connectivity index (χ0) is 12.4. The Morgan fingerprint density at radius 1 is 1.29 bits per heavy atom. The topological polar surface area (TPSA) is 43.6 Å². The monoisotopic (exact) mass is 230 g/mol. The maximum atomic E-state index is 4.49. The van der Waals surface area contributed by atoms with Gasteiger partial charge >= 0.3 is 0 Å². The summed E-state index contributed by atoms with van der Waals surface area (Å²) in [6.45, 7) is 8.20. The van der Waals surface area contributed by atoms with E-state index in [1.54, 1.807) is 0 Å². The molecule has 2 aromatic rings. The highest BCUT2D eigenvalue weighted by Crippen LogP contribution is 2.17. The van der Waals surface area contributed by atoms with E-state index in [0.29, 0.717) is 5.92 Å². The molecular weight excluding hydrogens is 212 g/mol. The molecule has 4 nitrogen and oxygen atoms in total. The Labute approximate surface area is 102 Å². The van der Waals surface area contributed by atoms with E-state index < -0.39 is 0 Å². The molecule has 0 aliphatic carbocycles. The molecular formula is C13H18N4. The van der Waals surface area contributed by atoms with E-state index in [0.717, 1.165) is 29.5 Å². The maximum Gasteiger partial charge on any atom is 0.148 e. The van der Waals surface area contributed by atoms with E-state index in [2.05, 4.69) is 41.0 Å². The van der Waals surface area contributed by atoms with Gasteiger partial charge in [0.25, 0.3) is 0 Å². The van der Waals surface area contributed by atoms with Gasteiger partial charge in [0.05, 0.1) is 11.9 Å². The van der Waals surface area contributed by atoms with Gasteiger partial charge in [0, 0.05) is 5.69 Å². The van der Waals surface area contributed by atoms with Crippen molar-refractivity contribution in [3.63, 3.8) is 0 Å². The Morgan fingerprint density at radius 3 is 2.53 bits per heavy atom. The lowest BCUT2D eigenvalue weighted by Gasteiger charge is -2.08. The van der Waals surface area contributed by atoms with Crippen LogP contribution in [0.2, 0.25) is 0 Å². The van der Waals surface area contributed by atoms with Gasteiger partial charge in [-0.1, -0.05) is 13.8 Å². The van der Waals surface area contributed by atoms with Crippen LogP contribution in [-0.2, 0) is 0 Å². The summed E-state index contributed by atoms with van der Waals surface area (Å²) in [5, 5.41) is 4.34. The standard InChI is InChI=1S/C13H18N4/c1-5-9(2)13-7-6-12(8-14-13)17-11(4)15-10(3)16-17/h6-9H,5H2,1-4H3. The van der Waals surface area contributed by atoms with Crippen molar-refractivity contribution >= 4 is 0 Å². The molecule has 4 heteroatoms. The Bertz CT molecular complexity index is 499. The molecule has 1 atom stereocenters. The smallest absolute Gasteiger partial charge is 0.148 e. The van der Waals surface area contributed by atoms with Gasteiger partial charge in [0.15, 0.2) is 0 Å². The summed E-state index contributed by atoms with van der Waals surface area (Å²) in [6, 6.07) is 4.12. The Kier molecular flexibility index (Phi) is 3.22. The lowest BCUT2D eigenvalue weighted by Crippen LogP contribution is -2.02. The van der Waals surface area contributed by atoms with Gasteiger partial charge in [-0.25, -0.2) is 9.67 Å². The van der Waals surface area contributed by atoms with Gasteiger partial charge in [-0.3, -0.25) is 4.98 Å². The summed E-state index contributed by atoms with van der Waals surface area (Å²) in [5.41, 5.74) is 2.10. The molecule has 0 aliphatic heterocycles. The van der Waals surface area contributed by atoms with Crippen molar-refractivity contribution in [3.8, 4) is 5.69 Å².